The number of fused-ring (bicyclic) bond motifs is 1. The number of rotatable bonds is 3. The lowest BCUT2D eigenvalue weighted by Gasteiger charge is -2.18. The van der Waals surface area contributed by atoms with E-state index in [0.29, 0.717) is 16.8 Å². The van der Waals surface area contributed by atoms with Crippen molar-refractivity contribution < 1.29 is 9.59 Å². The molecule has 24 heavy (non-hydrogen) atoms. The molecule has 1 aliphatic heterocycles. The molecule has 1 aliphatic rings. The van der Waals surface area contributed by atoms with Crippen LogP contribution in [0.3, 0.4) is 0 Å². The molecule has 0 N–H and O–H groups in total. The van der Waals surface area contributed by atoms with E-state index in [-0.39, 0.29) is 11.8 Å². The van der Waals surface area contributed by atoms with Gasteiger partial charge < -0.3 is 4.90 Å². The second-order valence-corrected chi connectivity index (χ2v) is 6.12. The predicted molar refractivity (Wildman–Crippen MR) is 95.3 cm³/mol. The van der Waals surface area contributed by atoms with Gasteiger partial charge in [-0.2, -0.15) is 0 Å². The average molecular weight is 321 g/mol. The van der Waals surface area contributed by atoms with Gasteiger partial charge in [-0.15, -0.1) is 0 Å². The van der Waals surface area contributed by atoms with E-state index >= 15 is 0 Å². The molecule has 0 aromatic heterocycles. The molecule has 0 spiro atoms. The Hall–Kier alpha value is -2.95. The molecule has 0 atom stereocenters. The van der Waals surface area contributed by atoms with Crippen LogP contribution in [0.2, 0.25) is 0 Å². The lowest BCUT2D eigenvalue weighted by molar-refractivity contribution is 0.0926. The van der Waals surface area contributed by atoms with Crippen molar-refractivity contribution in [3.63, 3.8) is 0 Å². The van der Waals surface area contributed by atoms with E-state index in [1.807, 2.05) is 45.0 Å². The van der Waals surface area contributed by atoms with Crippen LogP contribution in [-0.2, 0) is 0 Å². The molecule has 122 valence electrons. The smallest absolute Gasteiger partial charge is 0.266 e. The van der Waals surface area contributed by atoms with Crippen LogP contribution < -0.4 is 4.90 Å². The van der Waals surface area contributed by atoms with Crippen LogP contribution in [-0.4, -0.2) is 37.1 Å². The van der Waals surface area contributed by atoms with Crippen molar-refractivity contribution in [2.75, 3.05) is 19.0 Å². The summed E-state index contributed by atoms with van der Waals surface area (Å²) in [6.45, 7) is 3.80. The molecule has 0 radical (unpaired) electrons. The minimum Gasteiger partial charge on any atom is -0.369 e. The number of benzene rings is 2. The number of amides is 2. The fraction of sp³-hybridized carbons (Fsp3) is 0.211. The molecule has 0 bridgehead atoms. The summed E-state index contributed by atoms with van der Waals surface area (Å²) < 4.78 is 0. The molecule has 2 amide bonds. The number of carbonyl (C=O) groups excluding carboxylic acids is 2. The first-order chi connectivity index (χ1) is 11.4. The van der Waals surface area contributed by atoms with Gasteiger partial charge in [-0.05, 0) is 49.2 Å². The molecule has 0 saturated carbocycles. The summed E-state index contributed by atoms with van der Waals surface area (Å²) >= 11 is 0. The molecule has 0 saturated heterocycles. The standard InChI is InChI=1S/C19H19N3O2/c1-12-10-17(13(2)9-16(12)20-11-21(3)4)22-18(23)14-7-5-6-8-15(14)19(22)24/h5-11H,1-4H3/b20-11+. The largest absolute Gasteiger partial charge is 0.369 e. The normalized spacial score (nSPS) is 13.8. The minimum atomic E-state index is -0.275. The Morgan fingerprint density at radius 1 is 0.958 bits per heavy atom. The number of hydrogen-bond acceptors (Lipinski definition) is 3. The zero-order chi connectivity index (χ0) is 17.4. The molecule has 2 aromatic rings. The van der Waals surface area contributed by atoms with Crippen LogP contribution in [0.25, 0.3) is 0 Å². The van der Waals surface area contributed by atoms with Crippen LogP contribution in [0.4, 0.5) is 11.4 Å². The van der Waals surface area contributed by atoms with Crippen LogP contribution >= 0.6 is 0 Å². The van der Waals surface area contributed by atoms with Gasteiger partial charge >= 0.3 is 0 Å². The fourth-order valence-corrected chi connectivity index (χ4v) is 2.75. The molecule has 2 aromatic carbocycles. The molecular formula is C19H19N3O2. The summed E-state index contributed by atoms with van der Waals surface area (Å²) in [6, 6.07) is 10.7. The zero-order valence-corrected chi connectivity index (χ0v) is 14.2. The lowest BCUT2D eigenvalue weighted by atomic mass is 10.1. The number of carbonyl (C=O) groups is 2. The van der Waals surface area contributed by atoms with Crippen molar-refractivity contribution in [1.29, 1.82) is 0 Å². The number of nitrogens with zero attached hydrogens (tertiary/aromatic N) is 3. The summed E-state index contributed by atoms with van der Waals surface area (Å²) in [7, 11) is 3.80. The Morgan fingerprint density at radius 3 is 2.08 bits per heavy atom. The van der Waals surface area contributed by atoms with E-state index in [4.69, 9.17) is 0 Å². The Bertz CT molecular complexity index is 834. The number of hydrogen-bond donors (Lipinski definition) is 0. The van der Waals surface area contributed by atoms with E-state index in [0.717, 1.165) is 16.8 Å². The van der Waals surface area contributed by atoms with Crippen molar-refractivity contribution in [2.24, 2.45) is 4.99 Å². The Balaban J connectivity index is 2.04. The molecule has 1 heterocycles. The highest BCUT2D eigenvalue weighted by Gasteiger charge is 2.37. The van der Waals surface area contributed by atoms with Crippen LogP contribution in [0.15, 0.2) is 41.4 Å². The predicted octanol–water partition coefficient (Wildman–Crippen LogP) is 3.33. The summed E-state index contributed by atoms with van der Waals surface area (Å²) in [4.78, 5) is 32.8. The second kappa shape index (κ2) is 5.92. The van der Waals surface area contributed by atoms with E-state index in [2.05, 4.69) is 4.99 Å². The van der Waals surface area contributed by atoms with Gasteiger partial charge in [-0.1, -0.05) is 12.1 Å². The van der Waals surface area contributed by atoms with Crippen molar-refractivity contribution in [3.05, 3.63) is 58.7 Å². The minimum absolute atomic E-state index is 0.275. The van der Waals surface area contributed by atoms with Gasteiger partial charge in [0.2, 0.25) is 0 Å². The third kappa shape index (κ3) is 2.58. The highest BCUT2D eigenvalue weighted by molar-refractivity contribution is 6.34. The van der Waals surface area contributed by atoms with Gasteiger partial charge in [0.25, 0.3) is 11.8 Å². The molecule has 0 fully saturated rings. The number of anilines is 1. The molecule has 0 aliphatic carbocycles. The fourth-order valence-electron chi connectivity index (χ4n) is 2.75. The summed E-state index contributed by atoms with van der Waals surface area (Å²) in [5.41, 5.74) is 4.08. The van der Waals surface area contributed by atoms with Crippen LogP contribution in [0.1, 0.15) is 31.8 Å². The van der Waals surface area contributed by atoms with Gasteiger partial charge in [0.15, 0.2) is 0 Å². The average Bonchev–Trinajstić information content (AvgIpc) is 2.80. The van der Waals surface area contributed by atoms with Crippen molar-refractivity contribution in [3.8, 4) is 0 Å². The third-order valence-corrected chi connectivity index (χ3v) is 3.98. The monoisotopic (exact) mass is 321 g/mol. The van der Waals surface area contributed by atoms with Gasteiger partial charge in [0, 0.05) is 14.1 Å². The van der Waals surface area contributed by atoms with E-state index in [1.54, 1.807) is 30.6 Å². The quantitative estimate of drug-likeness (QED) is 0.495. The van der Waals surface area contributed by atoms with E-state index < -0.39 is 0 Å². The van der Waals surface area contributed by atoms with Crippen molar-refractivity contribution in [1.82, 2.24) is 4.90 Å². The topological polar surface area (TPSA) is 53.0 Å². The van der Waals surface area contributed by atoms with Crippen molar-refractivity contribution in [2.45, 2.75) is 13.8 Å². The molecule has 5 nitrogen and oxygen atoms in total. The zero-order valence-electron chi connectivity index (χ0n) is 14.2. The van der Waals surface area contributed by atoms with Crippen LogP contribution in [0.5, 0.6) is 0 Å². The van der Waals surface area contributed by atoms with Gasteiger partial charge in [-0.25, -0.2) is 9.89 Å². The van der Waals surface area contributed by atoms with E-state index in [9.17, 15) is 9.59 Å². The van der Waals surface area contributed by atoms with E-state index in [1.165, 1.54) is 4.90 Å². The Morgan fingerprint density at radius 2 is 1.54 bits per heavy atom. The number of aryl methyl sites for hydroxylation is 2. The molecule has 3 rings (SSSR count). The maximum Gasteiger partial charge on any atom is 0.266 e. The lowest BCUT2D eigenvalue weighted by Crippen LogP contribution is -2.30. The molecular weight excluding hydrogens is 302 g/mol. The highest BCUT2D eigenvalue weighted by atomic mass is 16.2. The maximum atomic E-state index is 12.6. The first kappa shape index (κ1) is 15.9. The Labute approximate surface area is 141 Å². The van der Waals surface area contributed by atoms with Gasteiger partial charge in [0.05, 0.1) is 28.8 Å². The summed E-state index contributed by atoms with van der Waals surface area (Å²) in [6.07, 6.45) is 1.73. The van der Waals surface area contributed by atoms with Crippen LogP contribution in [0, 0.1) is 13.8 Å². The summed E-state index contributed by atoms with van der Waals surface area (Å²) in [5.74, 6) is -0.551. The van der Waals surface area contributed by atoms with Gasteiger partial charge in [0.1, 0.15) is 0 Å². The molecule has 5 heteroatoms. The second-order valence-electron chi connectivity index (χ2n) is 6.12. The maximum absolute atomic E-state index is 12.6. The molecule has 0 unspecified atom stereocenters. The number of imide groups is 1. The van der Waals surface area contributed by atoms with Crippen molar-refractivity contribution >= 4 is 29.5 Å². The first-order valence-corrected chi connectivity index (χ1v) is 7.70. The SMILES string of the molecule is Cc1cc(N2C(=O)c3ccccc3C2=O)c(C)cc1/N=C/N(C)C. The van der Waals surface area contributed by atoms with Gasteiger partial charge in [-0.3, -0.25) is 9.59 Å². The summed E-state index contributed by atoms with van der Waals surface area (Å²) in [5, 5.41) is 0. The first-order valence-electron chi connectivity index (χ1n) is 7.70. The number of aliphatic imine (C=N–C) groups is 1. The third-order valence-electron chi connectivity index (χ3n) is 3.98. The Kier molecular flexibility index (Phi) is 3.93. The highest BCUT2D eigenvalue weighted by Crippen LogP contribution is 2.34.